The molecule has 1 aliphatic carbocycles. The lowest BCUT2D eigenvalue weighted by Gasteiger charge is -2.20. The number of amides is 1. The minimum absolute atomic E-state index is 0.0365. The Morgan fingerprint density at radius 3 is 2.94 bits per heavy atom. The molecule has 1 aromatic heterocycles. The fourth-order valence-electron chi connectivity index (χ4n) is 2.69. The van der Waals surface area contributed by atoms with Gasteiger partial charge in [0.25, 0.3) is 0 Å². The molecule has 1 amide bonds. The van der Waals surface area contributed by atoms with Crippen LogP contribution in [0.4, 0.5) is 5.69 Å². The molecule has 18 heavy (non-hydrogen) atoms. The molecule has 0 radical (unpaired) electrons. The van der Waals surface area contributed by atoms with Crippen LogP contribution in [0.15, 0.2) is 22.9 Å². The summed E-state index contributed by atoms with van der Waals surface area (Å²) in [6, 6.07) is 5.91. The predicted octanol–water partition coefficient (Wildman–Crippen LogP) is 2.50. The van der Waals surface area contributed by atoms with Crippen molar-refractivity contribution in [1.82, 2.24) is 4.98 Å². The van der Waals surface area contributed by atoms with Gasteiger partial charge in [0, 0.05) is 18.4 Å². The van der Waals surface area contributed by atoms with E-state index in [4.69, 9.17) is 0 Å². The van der Waals surface area contributed by atoms with Crippen LogP contribution in [0.5, 0.6) is 0 Å². The van der Waals surface area contributed by atoms with Crippen LogP contribution in [0, 0.1) is 22.7 Å². The van der Waals surface area contributed by atoms with E-state index in [0.717, 1.165) is 18.5 Å². The summed E-state index contributed by atoms with van der Waals surface area (Å²) in [7, 11) is 0. The quantitative estimate of drug-likeness (QED) is 0.789. The third-order valence-corrected chi connectivity index (χ3v) is 4.29. The molecule has 1 aliphatic heterocycles. The number of anilines is 1. The van der Waals surface area contributed by atoms with E-state index in [9.17, 15) is 10.1 Å². The first-order chi connectivity index (χ1) is 8.67. The average Bonchev–Trinajstić information content (AvgIpc) is 3.15. The molecule has 0 N–H and O–H groups in total. The van der Waals surface area contributed by atoms with Gasteiger partial charge in [-0.15, -0.1) is 0 Å². The maximum absolute atomic E-state index is 12.5. The number of hydrogen-bond donors (Lipinski definition) is 0. The molecule has 3 rings (SSSR count). The largest absolute Gasteiger partial charge is 0.311 e. The lowest BCUT2D eigenvalue weighted by Crippen LogP contribution is -2.35. The van der Waals surface area contributed by atoms with Crippen molar-refractivity contribution in [2.24, 2.45) is 11.3 Å². The summed E-state index contributed by atoms with van der Waals surface area (Å²) < 4.78 is 0.702. The zero-order chi connectivity index (χ0) is 12.8. The monoisotopic (exact) mass is 305 g/mol. The second-order valence-corrected chi connectivity index (χ2v) is 5.71. The molecule has 2 heterocycles. The first-order valence-electron chi connectivity index (χ1n) is 6.02. The molecule has 2 aliphatic rings. The Morgan fingerprint density at radius 1 is 1.56 bits per heavy atom. The van der Waals surface area contributed by atoms with Crippen molar-refractivity contribution in [3.63, 3.8) is 0 Å². The Morgan fingerprint density at radius 2 is 2.33 bits per heavy atom. The summed E-state index contributed by atoms with van der Waals surface area (Å²) in [5.74, 6) is 0.232. The maximum Gasteiger partial charge on any atom is 0.247 e. The van der Waals surface area contributed by atoms with Gasteiger partial charge in [0.15, 0.2) is 0 Å². The van der Waals surface area contributed by atoms with Gasteiger partial charge in [-0.25, -0.2) is 4.98 Å². The summed E-state index contributed by atoms with van der Waals surface area (Å²) in [6.07, 6.45) is 4.32. The second-order valence-electron chi connectivity index (χ2n) is 4.90. The molecule has 92 valence electrons. The first-order valence-corrected chi connectivity index (χ1v) is 6.81. The summed E-state index contributed by atoms with van der Waals surface area (Å²) in [5.41, 5.74) is 0.0510. The fraction of sp³-hybridized carbons (Fsp3) is 0.462. The molecule has 0 unspecified atom stereocenters. The predicted molar refractivity (Wildman–Crippen MR) is 69.7 cm³/mol. The molecule has 1 saturated carbocycles. The van der Waals surface area contributed by atoms with Crippen LogP contribution in [0.1, 0.15) is 19.3 Å². The van der Waals surface area contributed by atoms with Crippen LogP contribution < -0.4 is 4.90 Å². The number of rotatable bonds is 2. The van der Waals surface area contributed by atoms with Gasteiger partial charge in [0.1, 0.15) is 10.0 Å². The zero-order valence-electron chi connectivity index (χ0n) is 9.77. The molecule has 1 aromatic rings. The summed E-state index contributed by atoms with van der Waals surface area (Å²) in [5, 5.41) is 9.40. The van der Waals surface area contributed by atoms with Crippen molar-refractivity contribution >= 4 is 27.5 Å². The molecule has 0 spiro atoms. The number of carbonyl (C=O) groups is 1. The van der Waals surface area contributed by atoms with Gasteiger partial charge in [-0.05, 0) is 53.2 Å². The molecule has 0 aromatic carbocycles. The molecule has 0 bridgehead atoms. The normalized spacial score (nSPS) is 27.3. The van der Waals surface area contributed by atoms with Crippen molar-refractivity contribution in [1.29, 1.82) is 5.26 Å². The van der Waals surface area contributed by atoms with Crippen LogP contribution in [0.2, 0.25) is 0 Å². The number of carbonyl (C=O) groups excluding carboxylic acids is 1. The van der Waals surface area contributed by atoms with Crippen LogP contribution in [0.3, 0.4) is 0 Å². The second kappa shape index (κ2) is 4.06. The fourth-order valence-corrected chi connectivity index (χ4v) is 3.05. The van der Waals surface area contributed by atoms with Crippen LogP contribution in [0.25, 0.3) is 0 Å². The minimum Gasteiger partial charge on any atom is -0.311 e. The Labute approximate surface area is 114 Å². The number of pyridine rings is 1. The maximum atomic E-state index is 12.5. The molecule has 4 nitrogen and oxygen atoms in total. The van der Waals surface area contributed by atoms with E-state index in [2.05, 4.69) is 27.0 Å². The van der Waals surface area contributed by atoms with E-state index in [-0.39, 0.29) is 11.8 Å². The van der Waals surface area contributed by atoms with Gasteiger partial charge in [-0.3, -0.25) is 4.79 Å². The summed E-state index contributed by atoms with van der Waals surface area (Å²) in [6.45, 7) is 0.624. The topological polar surface area (TPSA) is 57.0 Å². The number of nitriles is 1. The summed E-state index contributed by atoms with van der Waals surface area (Å²) >= 11 is 3.30. The number of nitrogens with zero attached hydrogens (tertiary/aromatic N) is 3. The molecule has 2 fully saturated rings. The molecule has 1 atom stereocenters. The zero-order valence-corrected chi connectivity index (χ0v) is 11.4. The molecule has 5 heteroatoms. The minimum atomic E-state index is -0.768. The van der Waals surface area contributed by atoms with Crippen molar-refractivity contribution in [2.75, 3.05) is 11.4 Å². The molecular formula is C13H12BrN3O. The number of halogens is 1. The Kier molecular flexibility index (Phi) is 2.63. The van der Waals surface area contributed by atoms with Gasteiger partial charge in [-0.1, -0.05) is 0 Å². The Hall–Kier alpha value is -1.41. The molecule has 1 saturated heterocycles. The van der Waals surface area contributed by atoms with E-state index in [1.54, 1.807) is 11.1 Å². The highest BCUT2D eigenvalue weighted by atomic mass is 79.9. The van der Waals surface area contributed by atoms with Crippen LogP contribution in [-0.4, -0.2) is 17.4 Å². The van der Waals surface area contributed by atoms with Gasteiger partial charge in [-0.2, -0.15) is 5.26 Å². The Balaban J connectivity index is 1.93. The summed E-state index contributed by atoms with van der Waals surface area (Å²) in [4.78, 5) is 18.3. The van der Waals surface area contributed by atoms with Crippen molar-refractivity contribution in [3.05, 3.63) is 22.9 Å². The highest BCUT2D eigenvalue weighted by Crippen LogP contribution is 2.51. The average molecular weight is 306 g/mol. The van der Waals surface area contributed by atoms with Gasteiger partial charge in [0.2, 0.25) is 5.91 Å². The standard InChI is InChI=1S/C13H12BrN3O/c14-11-7-10(3-5-16-11)17-6-4-13(8-15,12(17)18)9-1-2-9/h3,5,7,9H,1-2,4,6H2/t13-/m1/s1. The molecular weight excluding hydrogens is 294 g/mol. The van der Waals surface area contributed by atoms with Gasteiger partial charge >= 0.3 is 0 Å². The lowest BCUT2D eigenvalue weighted by molar-refractivity contribution is -0.123. The number of aromatic nitrogens is 1. The first kappa shape index (κ1) is 11.7. The van der Waals surface area contributed by atoms with Gasteiger partial charge < -0.3 is 4.90 Å². The van der Waals surface area contributed by atoms with Crippen molar-refractivity contribution < 1.29 is 4.79 Å². The van der Waals surface area contributed by atoms with E-state index in [0.29, 0.717) is 17.6 Å². The SMILES string of the molecule is N#C[C@@]1(C2CC2)CCN(c2ccnc(Br)c2)C1=O. The van der Waals surface area contributed by atoms with E-state index < -0.39 is 5.41 Å². The Bertz CT molecular complexity index is 549. The van der Waals surface area contributed by atoms with E-state index in [1.165, 1.54) is 0 Å². The smallest absolute Gasteiger partial charge is 0.247 e. The third-order valence-electron chi connectivity index (χ3n) is 3.85. The van der Waals surface area contributed by atoms with E-state index in [1.807, 2.05) is 12.1 Å². The van der Waals surface area contributed by atoms with Crippen molar-refractivity contribution in [2.45, 2.75) is 19.3 Å². The number of hydrogen-bond acceptors (Lipinski definition) is 3. The van der Waals surface area contributed by atoms with E-state index >= 15 is 0 Å². The highest BCUT2D eigenvalue weighted by Gasteiger charge is 2.56. The van der Waals surface area contributed by atoms with Crippen molar-refractivity contribution in [3.8, 4) is 6.07 Å². The third kappa shape index (κ3) is 1.64. The van der Waals surface area contributed by atoms with Crippen LogP contribution in [-0.2, 0) is 4.79 Å². The van der Waals surface area contributed by atoms with Crippen LogP contribution >= 0.6 is 15.9 Å². The lowest BCUT2D eigenvalue weighted by atomic mass is 9.83. The highest BCUT2D eigenvalue weighted by molar-refractivity contribution is 9.10. The van der Waals surface area contributed by atoms with Gasteiger partial charge in [0.05, 0.1) is 6.07 Å².